The SMILES string of the molecule is CCCCCCC1CCC(c2ccc3c(F)c(CCc4ccc(F)c(F)c4)ccc3c2)CC1. The van der Waals surface area contributed by atoms with Gasteiger partial charge in [-0.2, -0.15) is 0 Å². The summed E-state index contributed by atoms with van der Waals surface area (Å²) in [6.45, 7) is 2.26. The number of unbranched alkanes of at least 4 members (excludes halogenated alkanes) is 3. The molecule has 0 unspecified atom stereocenters. The van der Waals surface area contributed by atoms with Crippen molar-refractivity contribution in [3.63, 3.8) is 0 Å². The molecule has 0 spiro atoms. The van der Waals surface area contributed by atoms with Gasteiger partial charge in [-0.05, 0) is 84.6 Å². The Balaban J connectivity index is 1.38. The molecule has 1 aliphatic carbocycles. The first-order chi connectivity index (χ1) is 16.0. The van der Waals surface area contributed by atoms with Crippen molar-refractivity contribution in [3.8, 4) is 0 Å². The standard InChI is InChI=1S/C30H35F3/c1-2-3-4-5-6-21-7-11-23(12-8-21)25-16-17-27-26(20-25)15-14-24(30(27)33)13-9-22-10-18-28(31)29(32)19-22/h10,14-21,23H,2-9,11-13H2,1H3. The van der Waals surface area contributed by atoms with E-state index in [1.54, 1.807) is 6.07 Å². The van der Waals surface area contributed by atoms with E-state index >= 15 is 4.39 Å². The molecular formula is C30H35F3. The maximum absolute atomic E-state index is 15.2. The lowest BCUT2D eigenvalue weighted by Gasteiger charge is -2.29. The van der Waals surface area contributed by atoms with Gasteiger partial charge in [0.25, 0.3) is 0 Å². The van der Waals surface area contributed by atoms with Crippen LogP contribution in [0.5, 0.6) is 0 Å². The highest BCUT2D eigenvalue weighted by Crippen LogP contribution is 2.39. The van der Waals surface area contributed by atoms with Gasteiger partial charge in [-0.25, -0.2) is 13.2 Å². The minimum atomic E-state index is -0.857. The molecule has 0 amide bonds. The smallest absolute Gasteiger partial charge is 0.159 e. The molecular weight excluding hydrogens is 417 g/mol. The predicted octanol–water partition coefficient (Wildman–Crippen LogP) is 9.29. The number of fused-ring (bicyclic) bond motifs is 1. The topological polar surface area (TPSA) is 0 Å². The summed E-state index contributed by atoms with van der Waals surface area (Å²) >= 11 is 0. The van der Waals surface area contributed by atoms with Crippen LogP contribution in [0.15, 0.2) is 48.5 Å². The lowest BCUT2D eigenvalue weighted by atomic mass is 9.76. The molecule has 0 radical (unpaired) electrons. The van der Waals surface area contributed by atoms with Crippen LogP contribution in [-0.2, 0) is 12.8 Å². The van der Waals surface area contributed by atoms with Gasteiger partial charge in [0.05, 0.1) is 0 Å². The van der Waals surface area contributed by atoms with E-state index in [4.69, 9.17) is 0 Å². The van der Waals surface area contributed by atoms with Crippen LogP contribution in [0.2, 0.25) is 0 Å². The molecule has 1 aliphatic rings. The fourth-order valence-corrected chi connectivity index (χ4v) is 5.42. The summed E-state index contributed by atoms with van der Waals surface area (Å²) in [5.41, 5.74) is 2.62. The Morgan fingerprint density at radius 1 is 0.758 bits per heavy atom. The Morgan fingerprint density at radius 2 is 1.58 bits per heavy atom. The number of hydrogen-bond donors (Lipinski definition) is 0. The Kier molecular flexibility index (Phi) is 8.11. The van der Waals surface area contributed by atoms with Gasteiger partial charge >= 0.3 is 0 Å². The molecule has 0 saturated heterocycles. The van der Waals surface area contributed by atoms with Crippen LogP contribution in [0, 0.1) is 23.4 Å². The van der Waals surface area contributed by atoms with Gasteiger partial charge in [0.1, 0.15) is 5.82 Å². The van der Waals surface area contributed by atoms with Crippen molar-refractivity contribution in [1.82, 2.24) is 0 Å². The first-order valence-corrected chi connectivity index (χ1v) is 12.7. The average Bonchev–Trinajstić information content (AvgIpc) is 2.84. The summed E-state index contributed by atoms with van der Waals surface area (Å²) in [4.78, 5) is 0. The molecule has 3 aromatic rings. The van der Waals surface area contributed by atoms with E-state index in [0.717, 1.165) is 17.4 Å². The molecule has 0 aromatic heterocycles. The molecule has 0 nitrogen and oxygen atoms in total. The summed E-state index contributed by atoms with van der Waals surface area (Å²) in [5.74, 6) is -0.445. The second kappa shape index (κ2) is 11.2. The zero-order valence-electron chi connectivity index (χ0n) is 19.7. The van der Waals surface area contributed by atoms with E-state index in [9.17, 15) is 8.78 Å². The van der Waals surface area contributed by atoms with Crippen molar-refractivity contribution in [2.24, 2.45) is 5.92 Å². The van der Waals surface area contributed by atoms with Crippen molar-refractivity contribution >= 4 is 10.8 Å². The van der Waals surface area contributed by atoms with E-state index < -0.39 is 11.6 Å². The van der Waals surface area contributed by atoms with Gasteiger partial charge < -0.3 is 0 Å². The number of benzene rings is 3. The van der Waals surface area contributed by atoms with Crippen molar-refractivity contribution in [3.05, 3.63) is 82.7 Å². The van der Waals surface area contributed by atoms with E-state index in [-0.39, 0.29) is 5.82 Å². The fraction of sp³-hybridized carbons (Fsp3) is 0.467. The van der Waals surface area contributed by atoms with Gasteiger partial charge in [-0.15, -0.1) is 0 Å². The molecule has 4 rings (SSSR count). The molecule has 0 atom stereocenters. The summed E-state index contributed by atoms with van der Waals surface area (Å²) in [6, 6.07) is 13.9. The fourth-order valence-electron chi connectivity index (χ4n) is 5.42. The highest BCUT2D eigenvalue weighted by Gasteiger charge is 2.22. The van der Waals surface area contributed by atoms with Gasteiger partial charge in [0.2, 0.25) is 0 Å². The van der Waals surface area contributed by atoms with E-state index in [2.05, 4.69) is 19.1 Å². The normalized spacial score (nSPS) is 18.7. The van der Waals surface area contributed by atoms with Crippen LogP contribution >= 0.6 is 0 Å². The van der Waals surface area contributed by atoms with Crippen LogP contribution in [0.4, 0.5) is 13.2 Å². The molecule has 0 heterocycles. The Labute approximate surface area is 196 Å². The molecule has 1 fully saturated rings. The molecule has 3 aromatic carbocycles. The number of aryl methyl sites for hydroxylation is 2. The van der Waals surface area contributed by atoms with Crippen LogP contribution < -0.4 is 0 Å². The van der Waals surface area contributed by atoms with Crippen LogP contribution in [0.3, 0.4) is 0 Å². The molecule has 0 N–H and O–H groups in total. The van der Waals surface area contributed by atoms with Gasteiger partial charge in [-0.3, -0.25) is 0 Å². The van der Waals surface area contributed by atoms with E-state index in [1.165, 1.54) is 69.4 Å². The average molecular weight is 453 g/mol. The highest BCUT2D eigenvalue weighted by atomic mass is 19.2. The second-order valence-electron chi connectivity index (χ2n) is 9.83. The van der Waals surface area contributed by atoms with Gasteiger partial charge in [-0.1, -0.05) is 75.4 Å². The van der Waals surface area contributed by atoms with E-state index in [1.807, 2.05) is 18.2 Å². The largest absolute Gasteiger partial charge is 0.206 e. The lowest BCUT2D eigenvalue weighted by Crippen LogP contribution is -2.13. The predicted molar refractivity (Wildman–Crippen MR) is 131 cm³/mol. The van der Waals surface area contributed by atoms with Gasteiger partial charge in [0.15, 0.2) is 11.6 Å². The van der Waals surface area contributed by atoms with Crippen LogP contribution in [-0.4, -0.2) is 0 Å². The molecule has 33 heavy (non-hydrogen) atoms. The van der Waals surface area contributed by atoms with E-state index in [0.29, 0.717) is 35.3 Å². The summed E-state index contributed by atoms with van der Waals surface area (Å²) < 4.78 is 41.7. The molecule has 1 saturated carbocycles. The maximum Gasteiger partial charge on any atom is 0.159 e. The third-order valence-corrected chi connectivity index (χ3v) is 7.51. The summed E-state index contributed by atoms with van der Waals surface area (Å²) in [5, 5.41) is 1.59. The Bertz CT molecular complexity index is 1060. The third-order valence-electron chi connectivity index (χ3n) is 7.51. The monoisotopic (exact) mass is 452 g/mol. The lowest BCUT2D eigenvalue weighted by molar-refractivity contribution is 0.302. The Hall–Kier alpha value is -2.29. The maximum atomic E-state index is 15.2. The second-order valence-corrected chi connectivity index (χ2v) is 9.83. The Morgan fingerprint density at radius 3 is 2.33 bits per heavy atom. The van der Waals surface area contributed by atoms with Crippen molar-refractivity contribution in [2.75, 3.05) is 0 Å². The van der Waals surface area contributed by atoms with Crippen molar-refractivity contribution in [2.45, 2.75) is 83.5 Å². The number of rotatable bonds is 9. The third kappa shape index (κ3) is 5.99. The van der Waals surface area contributed by atoms with Crippen LogP contribution in [0.1, 0.15) is 87.3 Å². The number of hydrogen-bond acceptors (Lipinski definition) is 0. The highest BCUT2D eigenvalue weighted by molar-refractivity contribution is 5.84. The number of halogens is 3. The van der Waals surface area contributed by atoms with Gasteiger partial charge in [0, 0.05) is 5.39 Å². The van der Waals surface area contributed by atoms with Crippen molar-refractivity contribution < 1.29 is 13.2 Å². The zero-order chi connectivity index (χ0) is 23.2. The zero-order valence-corrected chi connectivity index (χ0v) is 19.7. The molecule has 3 heteroatoms. The quantitative estimate of drug-likeness (QED) is 0.284. The van der Waals surface area contributed by atoms with Crippen molar-refractivity contribution in [1.29, 1.82) is 0 Å². The minimum absolute atomic E-state index is 0.197. The van der Waals surface area contributed by atoms with Crippen LogP contribution in [0.25, 0.3) is 10.8 Å². The minimum Gasteiger partial charge on any atom is -0.206 e. The summed E-state index contributed by atoms with van der Waals surface area (Å²) in [7, 11) is 0. The molecule has 0 bridgehead atoms. The molecule has 176 valence electrons. The summed E-state index contributed by atoms with van der Waals surface area (Å²) in [6.07, 6.45) is 12.8. The first kappa shape index (κ1) is 23.9. The first-order valence-electron chi connectivity index (χ1n) is 12.7. The molecule has 0 aliphatic heterocycles.